The van der Waals surface area contributed by atoms with Crippen molar-refractivity contribution < 1.29 is 0 Å². The summed E-state index contributed by atoms with van der Waals surface area (Å²) in [7, 11) is 2.02. The third-order valence-corrected chi connectivity index (χ3v) is 5.48. The Morgan fingerprint density at radius 2 is 1.93 bits per heavy atom. The summed E-state index contributed by atoms with van der Waals surface area (Å²) in [5.74, 6) is 1.78. The second-order valence-corrected chi connectivity index (χ2v) is 7.31. The first-order chi connectivity index (χ1) is 13.2. The van der Waals surface area contributed by atoms with Gasteiger partial charge >= 0.3 is 0 Å². The molecule has 2 aromatic heterocycles. The molecule has 3 aromatic rings. The molecule has 1 aliphatic rings. The fourth-order valence-electron chi connectivity index (χ4n) is 3.82. The molecule has 1 aliphatic heterocycles. The molecule has 0 amide bonds. The Bertz CT molecular complexity index is 922. The van der Waals surface area contributed by atoms with Crippen LogP contribution in [-0.2, 0) is 20.0 Å². The van der Waals surface area contributed by atoms with E-state index in [4.69, 9.17) is 5.26 Å². The molecular weight excluding hydrogens is 336 g/mol. The minimum absolute atomic E-state index is 0.689. The SMILES string of the molecule is Cn1cnnc1CC1CCN(Cc2cccn2-c2ccc(C#N)cc2)CC1. The lowest BCUT2D eigenvalue weighted by Gasteiger charge is -2.32. The van der Waals surface area contributed by atoms with Gasteiger partial charge in [0.1, 0.15) is 12.2 Å². The molecule has 6 heteroatoms. The van der Waals surface area contributed by atoms with Gasteiger partial charge in [0.2, 0.25) is 0 Å². The first kappa shape index (κ1) is 17.5. The van der Waals surface area contributed by atoms with E-state index in [-0.39, 0.29) is 0 Å². The molecule has 3 heterocycles. The number of nitrogens with zero attached hydrogens (tertiary/aromatic N) is 6. The van der Waals surface area contributed by atoms with Crippen LogP contribution in [0.15, 0.2) is 48.9 Å². The monoisotopic (exact) mass is 360 g/mol. The summed E-state index contributed by atoms with van der Waals surface area (Å²) < 4.78 is 4.24. The maximum atomic E-state index is 8.98. The van der Waals surface area contributed by atoms with Crippen LogP contribution in [0.4, 0.5) is 0 Å². The van der Waals surface area contributed by atoms with Crippen LogP contribution in [0.25, 0.3) is 5.69 Å². The summed E-state index contributed by atoms with van der Waals surface area (Å²) in [6, 6.07) is 14.2. The molecule has 0 N–H and O–H groups in total. The van der Waals surface area contributed by atoms with Gasteiger partial charge < -0.3 is 9.13 Å². The molecule has 0 spiro atoms. The Labute approximate surface area is 159 Å². The van der Waals surface area contributed by atoms with E-state index in [2.05, 4.69) is 44.1 Å². The predicted octanol–water partition coefficient (Wildman–Crippen LogP) is 2.93. The van der Waals surface area contributed by atoms with E-state index in [0.29, 0.717) is 11.5 Å². The topological polar surface area (TPSA) is 62.7 Å². The van der Waals surface area contributed by atoms with Gasteiger partial charge in [-0.25, -0.2) is 0 Å². The van der Waals surface area contributed by atoms with Crippen molar-refractivity contribution in [3.63, 3.8) is 0 Å². The maximum absolute atomic E-state index is 8.98. The highest BCUT2D eigenvalue weighted by Gasteiger charge is 2.21. The highest BCUT2D eigenvalue weighted by molar-refractivity contribution is 5.41. The van der Waals surface area contributed by atoms with Crippen LogP contribution < -0.4 is 0 Å². The Kier molecular flexibility index (Phi) is 5.03. The summed E-state index contributed by atoms with van der Waals surface area (Å²) in [4.78, 5) is 2.53. The minimum atomic E-state index is 0.689. The second kappa shape index (κ2) is 7.77. The van der Waals surface area contributed by atoms with Gasteiger partial charge in [-0.2, -0.15) is 5.26 Å². The molecule has 4 rings (SSSR count). The summed E-state index contributed by atoms with van der Waals surface area (Å²) in [6.07, 6.45) is 7.29. The van der Waals surface area contributed by atoms with Gasteiger partial charge in [0, 0.05) is 37.6 Å². The van der Waals surface area contributed by atoms with Crippen LogP contribution in [0.2, 0.25) is 0 Å². The standard InChI is InChI=1S/C21H24N6/c1-25-16-23-24-21(25)13-17-8-11-26(12-9-17)15-20-3-2-10-27(20)19-6-4-18(14-22)5-7-19/h2-7,10,16-17H,8-9,11-13,15H2,1H3. The predicted molar refractivity (Wildman–Crippen MR) is 103 cm³/mol. The molecule has 0 unspecified atom stereocenters. The number of likely N-dealkylation sites (tertiary alicyclic amines) is 1. The highest BCUT2D eigenvalue weighted by Crippen LogP contribution is 2.23. The van der Waals surface area contributed by atoms with Crippen LogP contribution in [0.5, 0.6) is 0 Å². The smallest absolute Gasteiger partial charge is 0.132 e. The molecular formula is C21H24N6. The molecule has 1 saturated heterocycles. The van der Waals surface area contributed by atoms with Gasteiger partial charge in [0.15, 0.2) is 0 Å². The van der Waals surface area contributed by atoms with Crippen LogP contribution >= 0.6 is 0 Å². The lowest BCUT2D eigenvalue weighted by molar-refractivity contribution is 0.173. The number of hydrogen-bond donors (Lipinski definition) is 0. The lowest BCUT2D eigenvalue weighted by atomic mass is 9.93. The van der Waals surface area contributed by atoms with E-state index in [9.17, 15) is 0 Å². The number of aryl methyl sites for hydroxylation is 1. The Morgan fingerprint density at radius 3 is 2.59 bits per heavy atom. The zero-order valence-electron chi connectivity index (χ0n) is 15.6. The first-order valence-corrected chi connectivity index (χ1v) is 9.45. The molecule has 138 valence electrons. The zero-order valence-corrected chi connectivity index (χ0v) is 15.6. The van der Waals surface area contributed by atoms with Gasteiger partial charge in [-0.3, -0.25) is 4.90 Å². The molecule has 0 atom stereocenters. The fraction of sp³-hybridized carbons (Fsp3) is 0.381. The Hall–Kier alpha value is -2.91. The third kappa shape index (κ3) is 3.93. The van der Waals surface area contributed by atoms with E-state index in [1.807, 2.05) is 35.9 Å². The van der Waals surface area contributed by atoms with Gasteiger partial charge in [-0.1, -0.05) is 0 Å². The van der Waals surface area contributed by atoms with E-state index in [0.717, 1.165) is 37.6 Å². The zero-order chi connectivity index (χ0) is 18.6. The summed E-state index contributed by atoms with van der Waals surface area (Å²) in [5.41, 5.74) is 3.08. The Balaban J connectivity index is 1.36. The van der Waals surface area contributed by atoms with Crippen molar-refractivity contribution in [2.45, 2.75) is 25.8 Å². The molecule has 27 heavy (non-hydrogen) atoms. The van der Waals surface area contributed by atoms with E-state index in [1.54, 1.807) is 6.33 Å². The number of rotatable bonds is 5. The second-order valence-electron chi connectivity index (χ2n) is 7.31. The van der Waals surface area contributed by atoms with Crippen molar-refractivity contribution in [2.24, 2.45) is 13.0 Å². The van der Waals surface area contributed by atoms with Crippen molar-refractivity contribution in [3.05, 3.63) is 66.0 Å². The number of benzene rings is 1. The van der Waals surface area contributed by atoms with Crippen molar-refractivity contribution >= 4 is 0 Å². The van der Waals surface area contributed by atoms with Gasteiger partial charge in [0.25, 0.3) is 0 Å². The third-order valence-electron chi connectivity index (χ3n) is 5.48. The van der Waals surface area contributed by atoms with Crippen LogP contribution in [0.1, 0.15) is 29.9 Å². The van der Waals surface area contributed by atoms with Crippen molar-refractivity contribution in [1.29, 1.82) is 5.26 Å². The quantitative estimate of drug-likeness (QED) is 0.702. The first-order valence-electron chi connectivity index (χ1n) is 9.45. The largest absolute Gasteiger partial charge is 0.321 e. The molecule has 1 fully saturated rings. The van der Waals surface area contributed by atoms with Gasteiger partial charge in [-0.05, 0) is 68.2 Å². The van der Waals surface area contributed by atoms with Crippen LogP contribution in [0.3, 0.4) is 0 Å². The molecule has 0 aliphatic carbocycles. The summed E-state index contributed by atoms with van der Waals surface area (Å²) >= 11 is 0. The molecule has 1 aromatic carbocycles. The normalized spacial score (nSPS) is 15.7. The average Bonchev–Trinajstić information content (AvgIpc) is 3.32. The number of aromatic nitrogens is 4. The van der Waals surface area contributed by atoms with Gasteiger partial charge in [0.05, 0.1) is 11.6 Å². The minimum Gasteiger partial charge on any atom is -0.321 e. The number of piperidine rings is 1. The Morgan fingerprint density at radius 1 is 1.15 bits per heavy atom. The number of nitriles is 1. The molecule has 0 radical (unpaired) electrons. The molecule has 0 saturated carbocycles. The van der Waals surface area contributed by atoms with Crippen LogP contribution in [-0.4, -0.2) is 37.3 Å². The summed E-state index contributed by atoms with van der Waals surface area (Å²) in [6.45, 7) is 3.17. The molecule has 0 bridgehead atoms. The van der Waals surface area contributed by atoms with Crippen molar-refractivity contribution in [3.8, 4) is 11.8 Å². The van der Waals surface area contributed by atoms with E-state index >= 15 is 0 Å². The maximum Gasteiger partial charge on any atom is 0.132 e. The summed E-state index contributed by atoms with van der Waals surface area (Å²) in [5, 5.41) is 17.2. The van der Waals surface area contributed by atoms with Gasteiger partial charge in [-0.15, -0.1) is 10.2 Å². The fourth-order valence-corrected chi connectivity index (χ4v) is 3.82. The number of hydrogen-bond acceptors (Lipinski definition) is 4. The average molecular weight is 360 g/mol. The van der Waals surface area contributed by atoms with Crippen molar-refractivity contribution in [1.82, 2.24) is 24.2 Å². The van der Waals surface area contributed by atoms with Crippen LogP contribution in [0, 0.1) is 17.2 Å². The van der Waals surface area contributed by atoms with E-state index in [1.165, 1.54) is 18.5 Å². The van der Waals surface area contributed by atoms with E-state index < -0.39 is 0 Å². The molecule has 6 nitrogen and oxygen atoms in total. The lowest BCUT2D eigenvalue weighted by Crippen LogP contribution is -2.34. The van der Waals surface area contributed by atoms with Crippen molar-refractivity contribution in [2.75, 3.05) is 13.1 Å². The highest BCUT2D eigenvalue weighted by atomic mass is 15.2.